The number of ether oxygens (including phenoxy) is 8. The second-order valence-electron chi connectivity index (χ2n) is 15.4. The van der Waals surface area contributed by atoms with Crippen molar-refractivity contribution in [2.45, 2.75) is 150 Å². The number of alkyl halides is 4. The zero-order valence-corrected chi connectivity index (χ0v) is 36.2. The Labute approximate surface area is 341 Å². The van der Waals surface area contributed by atoms with Gasteiger partial charge in [-0.05, 0) is 83.1 Å². The van der Waals surface area contributed by atoms with Crippen LogP contribution < -0.4 is 5.32 Å². The number of likely N-dealkylation sites (N-methyl/N-ethyl adjacent to an activating group) is 1. The van der Waals surface area contributed by atoms with E-state index in [0.29, 0.717) is 0 Å². The molecule has 2 amide bonds. The molecule has 0 saturated carbocycles. The highest BCUT2D eigenvalue weighted by molar-refractivity contribution is 7.59. The molecule has 0 radical (unpaired) electrons. The van der Waals surface area contributed by atoms with E-state index >= 15 is 0 Å². The van der Waals surface area contributed by atoms with Gasteiger partial charge in [0, 0.05) is 19.9 Å². The van der Waals surface area contributed by atoms with Gasteiger partial charge in [-0.2, -0.15) is 44.6 Å². The zero-order valence-electron chi connectivity index (χ0n) is 34.2. The van der Waals surface area contributed by atoms with Gasteiger partial charge in [0.25, 0.3) is 0 Å². The van der Waals surface area contributed by atoms with Crippen molar-refractivity contribution in [1.82, 2.24) is 10.2 Å². The van der Waals surface area contributed by atoms with Crippen LogP contribution in [0, 0.1) is 0 Å². The molecule has 0 aliphatic heterocycles. The van der Waals surface area contributed by atoms with Crippen molar-refractivity contribution in [3.05, 3.63) is 0 Å². The summed E-state index contributed by atoms with van der Waals surface area (Å²) >= 11 is 0. The van der Waals surface area contributed by atoms with Crippen LogP contribution in [0.15, 0.2) is 0 Å². The van der Waals surface area contributed by atoms with Crippen molar-refractivity contribution >= 4 is 63.4 Å². The number of hydrogen-bond donors (Lipinski definition) is 1. The fourth-order valence-corrected chi connectivity index (χ4v) is 3.38. The largest absolute Gasteiger partial charge is 0.508 e. The molecule has 0 aromatic rings. The van der Waals surface area contributed by atoms with Crippen molar-refractivity contribution in [1.29, 1.82) is 0 Å². The number of amides is 2. The Hall–Kier alpha value is -3.56. The number of halogens is 4. The minimum atomic E-state index is -3.90. The number of nitrogens with zero attached hydrogens (tertiary/aromatic N) is 1. The van der Waals surface area contributed by atoms with E-state index in [1.165, 1.54) is 7.05 Å². The molecule has 0 spiro atoms. The third kappa shape index (κ3) is 29.7. The summed E-state index contributed by atoms with van der Waals surface area (Å²) < 4.78 is 93.2. The number of nitrogens with one attached hydrogen (secondary N) is 1. The third-order valence-electron chi connectivity index (χ3n) is 5.49. The molecule has 0 unspecified atom stereocenters. The van der Waals surface area contributed by atoms with Crippen LogP contribution in [0.4, 0.5) is 36.7 Å². The number of carbonyl (C=O) groups is 6. The van der Waals surface area contributed by atoms with E-state index in [4.69, 9.17) is 28.4 Å². The van der Waals surface area contributed by atoms with Gasteiger partial charge in [-0.1, -0.05) is 7.43 Å². The average molecular weight is 865 g/mol. The molecule has 56 heavy (non-hydrogen) atoms. The quantitative estimate of drug-likeness (QED) is 0.117. The molecule has 0 heterocycles. The first-order chi connectivity index (χ1) is 23.5. The number of methoxy groups -OCH3 is 2. The topological polar surface area (TPSA) is 192 Å². The van der Waals surface area contributed by atoms with Crippen LogP contribution in [0.3, 0.4) is 0 Å². The molecular formula is C34H64F4N2O14S2. The second kappa shape index (κ2) is 24.9. The summed E-state index contributed by atoms with van der Waals surface area (Å²) in [6.07, 6.45) is -6.39. The highest BCUT2D eigenvalue weighted by atomic mass is 32.1. The van der Waals surface area contributed by atoms with Gasteiger partial charge in [-0.15, -0.1) is 0 Å². The molecule has 16 nitrogen and oxygen atoms in total. The van der Waals surface area contributed by atoms with E-state index in [2.05, 4.69) is 14.8 Å². The minimum Gasteiger partial charge on any atom is -0.465 e. The second-order valence-corrected chi connectivity index (χ2v) is 15.4. The summed E-state index contributed by atoms with van der Waals surface area (Å²) in [6.45, 7) is 17.9. The van der Waals surface area contributed by atoms with Gasteiger partial charge in [0.05, 0.1) is 26.3 Å². The summed E-state index contributed by atoms with van der Waals surface area (Å²) in [6, 6.07) is -2.77. The lowest BCUT2D eigenvalue weighted by Crippen LogP contribution is -2.47. The standard InChI is InChI=1S/C17H29F2NO7.C16H27F2NO7.CH4.2H2S/c1-15(2,3)26-13(22)20(7)11(9-17(18,19)12(21)24-8)10-25-14(23)27-16(4,5)6;1-14(2,3)25-12(21)19-10(8-16(17,18)11(20)23-7)9-24-13(22)26-15(4,5)6;;;/h11H,9-10H2,1-8H3;10H,8-9H2,1-7H3,(H,19,21);1H4;2*1H2/t11-;10-;;;/m00.../s1. The van der Waals surface area contributed by atoms with E-state index < -0.39 is 109 Å². The fourth-order valence-electron chi connectivity index (χ4n) is 3.38. The molecule has 0 rings (SSSR count). The lowest BCUT2D eigenvalue weighted by molar-refractivity contribution is -0.172. The van der Waals surface area contributed by atoms with Crippen LogP contribution in [0.25, 0.3) is 0 Å². The predicted octanol–water partition coefficient (Wildman–Crippen LogP) is 7.26. The van der Waals surface area contributed by atoms with E-state index in [-0.39, 0.29) is 34.4 Å². The number of rotatable bonds is 12. The van der Waals surface area contributed by atoms with Crippen LogP contribution >= 0.6 is 27.0 Å². The molecule has 0 aliphatic carbocycles. The molecule has 2 atom stereocenters. The van der Waals surface area contributed by atoms with Gasteiger partial charge in [0.15, 0.2) is 0 Å². The van der Waals surface area contributed by atoms with Crippen LogP contribution in [0.2, 0.25) is 0 Å². The molecule has 0 aromatic heterocycles. The molecule has 0 fully saturated rings. The summed E-state index contributed by atoms with van der Waals surface area (Å²) in [4.78, 5) is 70.5. The summed E-state index contributed by atoms with van der Waals surface area (Å²) in [7, 11) is 2.83. The van der Waals surface area contributed by atoms with Crippen molar-refractivity contribution in [2.75, 3.05) is 34.5 Å². The molecule has 22 heteroatoms. The van der Waals surface area contributed by atoms with Crippen molar-refractivity contribution in [3.63, 3.8) is 0 Å². The lowest BCUT2D eigenvalue weighted by atomic mass is 10.1. The molecule has 1 N–H and O–H groups in total. The third-order valence-corrected chi connectivity index (χ3v) is 5.49. The molecule has 0 aromatic carbocycles. The summed E-state index contributed by atoms with van der Waals surface area (Å²) in [5.41, 5.74) is -3.43. The Bertz CT molecular complexity index is 1250. The van der Waals surface area contributed by atoms with Crippen LogP contribution in [0.5, 0.6) is 0 Å². The van der Waals surface area contributed by atoms with E-state index in [1.54, 1.807) is 83.1 Å². The van der Waals surface area contributed by atoms with Crippen LogP contribution in [-0.4, -0.2) is 122 Å². The average Bonchev–Trinajstić information content (AvgIpc) is 2.93. The zero-order chi connectivity index (χ0) is 42.4. The van der Waals surface area contributed by atoms with Crippen LogP contribution in [-0.2, 0) is 47.5 Å². The molecular weight excluding hydrogens is 801 g/mol. The molecule has 0 saturated heterocycles. The van der Waals surface area contributed by atoms with Crippen molar-refractivity contribution in [3.8, 4) is 0 Å². The van der Waals surface area contributed by atoms with Gasteiger partial charge in [-0.3, -0.25) is 0 Å². The maximum absolute atomic E-state index is 14.0. The Morgan fingerprint density at radius 3 is 1.25 bits per heavy atom. The Morgan fingerprint density at radius 1 is 0.571 bits per heavy atom. The lowest BCUT2D eigenvalue weighted by Gasteiger charge is -2.32. The Kier molecular flexibility index (Phi) is 27.5. The van der Waals surface area contributed by atoms with Gasteiger partial charge < -0.3 is 48.1 Å². The van der Waals surface area contributed by atoms with Crippen LogP contribution in [0.1, 0.15) is 103 Å². The minimum absolute atomic E-state index is 0. The monoisotopic (exact) mass is 864 g/mol. The fraction of sp³-hybridized carbons (Fsp3) is 0.824. The first-order valence-corrected chi connectivity index (χ1v) is 16.1. The van der Waals surface area contributed by atoms with Gasteiger partial charge in [-0.25, -0.2) is 28.8 Å². The van der Waals surface area contributed by atoms with E-state index in [1.807, 2.05) is 0 Å². The van der Waals surface area contributed by atoms with Crippen molar-refractivity contribution in [2.24, 2.45) is 0 Å². The molecule has 0 aliphatic rings. The first-order valence-electron chi connectivity index (χ1n) is 16.1. The SMILES string of the molecule is C.COC(=O)C(F)(F)C[C@@H](COC(=O)OC(C)(C)C)N(C)C(=O)OC(C)(C)C.COC(=O)C(F)(F)C[C@@H](COC(=O)OC(C)(C)C)NC(=O)OC(C)(C)C.S.S. The smallest absolute Gasteiger partial charge is 0.465 e. The predicted molar refractivity (Wildman–Crippen MR) is 206 cm³/mol. The van der Waals surface area contributed by atoms with Gasteiger partial charge >= 0.3 is 48.3 Å². The number of hydrogen-bond acceptors (Lipinski definition) is 14. The maximum Gasteiger partial charge on any atom is 0.508 e. The van der Waals surface area contributed by atoms with Gasteiger partial charge in [0.1, 0.15) is 35.6 Å². The number of carbonyl (C=O) groups excluding carboxylic acids is 6. The Balaban J connectivity index is -0.000000294. The van der Waals surface area contributed by atoms with E-state index in [0.717, 1.165) is 19.1 Å². The summed E-state index contributed by atoms with van der Waals surface area (Å²) in [5.74, 6) is -11.3. The van der Waals surface area contributed by atoms with Crippen molar-refractivity contribution < 1.29 is 84.2 Å². The normalized spacial score (nSPS) is 12.7. The summed E-state index contributed by atoms with van der Waals surface area (Å²) in [5, 5.41) is 2.15. The first kappa shape index (κ1) is 61.7. The number of alkyl carbamates (subject to hydrolysis) is 1. The maximum atomic E-state index is 14.0. The highest BCUT2D eigenvalue weighted by Gasteiger charge is 2.45. The van der Waals surface area contributed by atoms with E-state index in [9.17, 15) is 46.3 Å². The number of esters is 2. The molecule has 334 valence electrons. The highest BCUT2D eigenvalue weighted by Crippen LogP contribution is 2.26. The Morgan fingerprint density at radius 2 is 0.911 bits per heavy atom. The van der Waals surface area contributed by atoms with Gasteiger partial charge in [0.2, 0.25) is 0 Å². The molecule has 0 bridgehead atoms.